The van der Waals surface area contributed by atoms with E-state index in [-0.39, 0.29) is 0 Å². The van der Waals surface area contributed by atoms with E-state index in [1.54, 1.807) is 6.08 Å². The van der Waals surface area contributed by atoms with Gasteiger partial charge in [-0.2, -0.15) is 0 Å². The molecular formula is C13H19N. The van der Waals surface area contributed by atoms with E-state index in [9.17, 15) is 0 Å². The van der Waals surface area contributed by atoms with E-state index in [1.807, 2.05) is 6.21 Å². The van der Waals surface area contributed by atoms with Gasteiger partial charge in [-0.1, -0.05) is 19.6 Å². The minimum absolute atomic E-state index is 0.532. The summed E-state index contributed by atoms with van der Waals surface area (Å²) in [5.74, 6) is 1.99. The maximum Gasteiger partial charge on any atom is 0.0535 e. The predicted molar refractivity (Wildman–Crippen MR) is 59.5 cm³/mol. The molecule has 0 N–H and O–H groups in total. The molecule has 0 bridgehead atoms. The van der Waals surface area contributed by atoms with E-state index in [0.29, 0.717) is 11.5 Å². The Morgan fingerprint density at radius 2 is 2.14 bits per heavy atom. The van der Waals surface area contributed by atoms with Gasteiger partial charge in [-0.15, -0.1) is 0 Å². The molecule has 4 unspecified atom stereocenters. The largest absolute Gasteiger partial charge is 0.290 e. The zero-order chi connectivity index (χ0) is 9.97. The van der Waals surface area contributed by atoms with Gasteiger partial charge in [0.2, 0.25) is 0 Å². The molecule has 1 spiro atoms. The summed E-state index contributed by atoms with van der Waals surface area (Å²) in [6, 6.07) is 0.532. The molecule has 3 aliphatic rings. The van der Waals surface area contributed by atoms with Gasteiger partial charge >= 0.3 is 0 Å². The van der Waals surface area contributed by atoms with Crippen LogP contribution in [0.5, 0.6) is 0 Å². The van der Waals surface area contributed by atoms with Gasteiger partial charge < -0.3 is 0 Å². The maximum absolute atomic E-state index is 4.61. The Morgan fingerprint density at radius 3 is 2.57 bits per heavy atom. The van der Waals surface area contributed by atoms with Crippen LogP contribution in [-0.2, 0) is 0 Å². The minimum atomic E-state index is 0.532. The highest BCUT2D eigenvalue weighted by molar-refractivity contribution is 5.70. The fourth-order valence-electron chi connectivity index (χ4n) is 4.38. The van der Waals surface area contributed by atoms with E-state index >= 15 is 0 Å². The molecule has 3 aliphatic carbocycles. The molecular weight excluding hydrogens is 170 g/mol. The lowest BCUT2D eigenvalue weighted by molar-refractivity contribution is 0.0895. The van der Waals surface area contributed by atoms with Gasteiger partial charge in [-0.05, 0) is 43.4 Å². The Balaban J connectivity index is 1.80. The molecule has 0 radical (unpaired) electrons. The van der Waals surface area contributed by atoms with Crippen LogP contribution < -0.4 is 0 Å². The van der Waals surface area contributed by atoms with E-state index < -0.39 is 0 Å². The average Bonchev–Trinajstić information content (AvgIpc) is 2.98. The zero-order valence-electron chi connectivity index (χ0n) is 9.16. The first-order valence-electron chi connectivity index (χ1n) is 5.81. The molecule has 0 aliphatic heterocycles. The molecule has 14 heavy (non-hydrogen) atoms. The number of nitrogens with zero attached hydrogens (tertiary/aromatic N) is 1. The topological polar surface area (TPSA) is 12.4 Å². The molecule has 0 aromatic rings. The first-order chi connectivity index (χ1) is 6.67. The normalized spacial score (nSPS) is 55.3. The van der Waals surface area contributed by atoms with Crippen molar-refractivity contribution in [1.82, 2.24) is 0 Å². The van der Waals surface area contributed by atoms with E-state index in [4.69, 9.17) is 0 Å². The van der Waals surface area contributed by atoms with Gasteiger partial charge in [0, 0.05) is 11.6 Å². The minimum Gasteiger partial charge on any atom is -0.290 e. The van der Waals surface area contributed by atoms with Crippen LogP contribution in [-0.4, -0.2) is 12.3 Å². The van der Waals surface area contributed by atoms with Gasteiger partial charge in [0.05, 0.1) is 6.04 Å². The summed E-state index contributed by atoms with van der Waals surface area (Å²) in [5, 5.41) is 0. The second-order valence-corrected chi connectivity index (χ2v) is 5.62. The van der Waals surface area contributed by atoms with E-state index in [0.717, 1.165) is 17.3 Å². The third kappa shape index (κ3) is 0.721. The summed E-state index contributed by atoms with van der Waals surface area (Å²) in [7, 11) is 0. The highest BCUT2D eigenvalue weighted by atomic mass is 15.0. The summed E-state index contributed by atoms with van der Waals surface area (Å²) < 4.78 is 0. The fourth-order valence-corrected chi connectivity index (χ4v) is 4.38. The number of hydrogen-bond donors (Lipinski definition) is 0. The van der Waals surface area contributed by atoms with Crippen LogP contribution in [0.1, 0.15) is 33.1 Å². The van der Waals surface area contributed by atoms with Gasteiger partial charge in [-0.25, -0.2) is 0 Å². The fraction of sp³-hybridized carbons (Fsp3) is 0.769. The van der Waals surface area contributed by atoms with Gasteiger partial charge in [0.25, 0.3) is 0 Å². The van der Waals surface area contributed by atoms with Crippen molar-refractivity contribution in [2.45, 2.75) is 39.2 Å². The molecule has 1 nitrogen and oxygen atoms in total. The maximum atomic E-state index is 4.61. The lowest BCUT2D eigenvalue weighted by atomic mass is 9.65. The quantitative estimate of drug-likeness (QED) is 0.605. The van der Waals surface area contributed by atoms with E-state index in [1.165, 1.54) is 19.3 Å². The van der Waals surface area contributed by atoms with Crippen LogP contribution in [0.3, 0.4) is 0 Å². The zero-order valence-corrected chi connectivity index (χ0v) is 9.16. The van der Waals surface area contributed by atoms with Crippen molar-refractivity contribution in [1.29, 1.82) is 0 Å². The highest BCUT2D eigenvalue weighted by Crippen LogP contribution is 2.89. The monoisotopic (exact) mass is 189 g/mol. The molecule has 0 amide bonds. The summed E-state index contributed by atoms with van der Waals surface area (Å²) in [6.07, 6.45) is 8.10. The van der Waals surface area contributed by atoms with Crippen molar-refractivity contribution in [2.75, 3.05) is 0 Å². The summed E-state index contributed by atoms with van der Waals surface area (Å²) in [6.45, 7) is 8.40. The molecule has 76 valence electrons. The van der Waals surface area contributed by atoms with Crippen LogP contribution in [0.2, 0.25) is 0 Å². The first kappa shape index (κ1) is 8.70. The second kappa shape index (κ2) is 2.32. The Morgan fingerprint density at radius 1 is 1.43 bits per heavy atom. The molecule has 0 saturated heterocycles. The van der Waals surface area contributed by atoms with E-state index in [2.05, 4.69) is 25.4 Å². The second-order valence-electron chi connectivity index (χ2n) is 5.62. The van der Waals surface area contributed by atoms with Crippen LogP contribution in [0.15, 0.2) is 17.6 Å². The average molecular weight is 189 g/mol. The molecule has 0 aromatic heterocycles. The summed E-state index contributed by atoms with van der Waals surface area (Å²) in [4.78, 5) is 4.61. The Labute approximate surface area is 86.3 Å². The van der Waals surface area contributed by atoms with Crippen LogP contribution in [0.25, 0.3) is 0 Å². The summed E-state index contributed by atoms with van der Waals surface area (Å²) in [5.41, 5.74) is 1.36. The van der Waals surface area contributed by atoms with Crippen molar-refractivity contribution in [3.05, 3.63) is 12.7 Å². The van der Waals surface area contributed by atoms with Gasteiger partial charge in [0.15, 0.2) is 0 Å². The predicted octanol–water partition coefficient (Wildman–Crippen LogP) is 3.07. The van der Waals surface area contributed by atoms with Crippen molar-refractivity contribution < 1.29 is 0 Å². The van der Waals surface area contributed by atoms with Crippen LogP contribution >= 0.6 is 0 Å². The van der Waals surface area contributed by atoms with Crippen molar-refractivity contribution in [2.24, 2.45) is 27.7 Å². The lowest BCUT2D eigenvalue weighted by Gasteiger charge is -2.41. The lowest BCUT2D eigenvalue weighted by Crippen LogP contribution is -2.39. The Hall–Kier alpha value is -0.590. The van der Waals surface area contributed by atoms with Crippen LogP contribution in [0.4, 0.5) is 0 Å². The van der Waals surface area contributed by atoms with Gasteiger partial charge in [-0.3, -0.25) is 4.99 Å². The number of rotatable bonds is 3. The number of fused-ring (bicyclic) bond motifs is 2. The SMILES string of the molecule is C=CC=NC(C)[C@]12CC1CC21CC1C. The molecule has 1 heteroatoms. The molecule has 0 aromatic carbocycles. The first-order valence-corrected chi connectivity index (χ1v) is 5.81. The summed E-state index contributed by atoms with van der Waals surface area (Å²) >= 11 is 0. The Bertz CT molecular complexity index is 319. The number of hydrogen-bond acceptors (Lipinski definition) is 1. The molecule has 3 fully saturated rings. The molecule has 0 heterocycles. The highest BCUT2D eigenvalue weighted by Gasteiger charge is 2.84. The third-order valence-corrected chi connectivity index (χ3v) is 5.30. The number of aliphatic imine (C=N–C) groups is 1. The molecule has 3 saturated carbocycles. The number of allylic oxidation sites excluding steroid dienone is 1. The van der Waals surface area contributed by atoms with Crippen molar-refractivity contribution in [3.8, 4) is 0 Å². The third-order valence-electron chi connectivity index (χ3n) is 5.30. The van der Waals surface area contributed by atoms with Crippen molar-refractivity contribution in [3.63, 3.8) is 0 Å². The van der Waals surface area contributed by atoms with Crippen molar-refractivity contribution >= 4 is 6.21 Å². The standard InChI is InChI=1S/C13H19N/c1-4-5-14-10(3)13-8-11(13)7-12(13)6-9(12)2/h4-5,9-11H,1,6-8H2,2-3H3/t9?,10?,11?,12?,13-/m1/s1. The molecule has 3 rings (SSSR count). The van der Waals surface area contributed by atoms with Gasteiger partial charge in [0.1, 0.15) is 0 Å². The Kier molecular flexibility index (Phi) is 1.44. The van der Waals surface area contributed by atoms with Crippen LogP contribution in [0, 0.1) is 22.7 Å². The smallest absolute Gasteiger partial charge is 0.0535 e. The molecule has 5 atom stereocenters.